The third-order valence-corrected chi connectivity index (χ3v) is 3.07. The number of halogens is 1. The van der Waals surface area contributed by atoms with Crippen molar-refractivity contribution in [3.8, 4) is 0 Å². The second-order valence-corrected chi connectivity index (χ2v) is 4.49. The van der Waals surface area contributed by atoms with E-state index in [1.807, 2.05) is 0 Å². The van der Waals surface area contributed by atoms with Crippen LogP contribution in [0.5, 0.6) is 0 Å². The molecule has 0 fully saturated rings. The zero-order valence-corrected chi connectivity index (χ0v) is 11.9. The molecule has 0 bridgehead atoms. The monoisotopic (exact) mass is 334 g/mol. The molecule has 4 N–H and O–H groups in total. The van der Waals surface area contributed by atoms with Crippen molar-refractivity contribution in [2.75, 3.05) is 25.6 Å². The van der Waals surface area contributed by atoms with Gasteiger partial charge in [-0.25, -0.2) is 4.68 Å². The van der Waals surface area contributed by atoms with Crippen LogP contribution in [0.25, 0.3) is 0 Å². The van der Waals surface area contributed by atoms with Crippen molar-refractivity contribution in [1.82, 2.24) is 9.78 Å². The lowest BCUT2D eigenvalue weighted by Gasteiger charge is -2.12. The van der Waals surface area contributed by atoms with E-state index in [0.717, 1.165) is 0 Å². The number of aliphatic hydroxyl groups excluding tert-OH is 1. The zero-order valence-electron chi connectivity index (χ0n) is 10.3. The number of anilines is 1. The molecule has 106 valence electrons. The fourth-order valence-electron chi connectivity index (χ4n) is 1.23. The molecule has 0 saturated carbocycles. The molecule has 9 heteroatoms. The van der Waals surface area contributed by atoms with Gasteiger partial charge in [0.25, 0.3) is 5.56 Å². The van der Waals surface area contributed by atoms with Crippen LogP contribution in [-0.4, -0.2) is 47.2 Å². The third-order valence-electron chi connectivity index (χ3n) is 2.31. The Morgan fingerprint density at radius 2 is 2.42 bits per heavy atom. The van der Waals surface area contributed by atoms with Gasteiger partial charge in [0.15, 0.2) is 0 Å². The fourth-order valence-corrected chi connectivity index (χ4v) is 1.68. The van der Waals surface area contributed by atoms with Crippen molar-refractivity contribution in [1.29, 1.82) is 0 Å². The van der Waals surface area contributed by atoms with E-state index in [9.17, 15) is 14.7 Å². The minimum atomic E-state index is -1.33. The van der Waals surface area contributed by atoms with Gasteiger partial charge in [0.2, 0.25) is 5.91 Å². The highest BCUT2D eigenvalue weighted by Gasteiger charge is 2.13. The number of ether oxygens (including phenoxy) is 1. The number of nitrogens with zero attached hydrogens (tertiary/aromatic N) is 2. The van der Waals surface area contributed by atoms with Crippen molar-refractivity contribution < 1.29 is 14.6 Å². The number of amides is 1. The van der Waals surface area contributed by atoms with Crippen molar-refractivity contribution in [3.63, 3.8) is 0 Å². The molecule has 1 amide bonds. The molecule has 0 aromatic carbocycles. The first kappa shape index (κ1) is 15.6. The number of nitrogens with two attached hydrogens (primary N) is 1. The van der Waals surface area contributed by atoms with Crippen LogP contribution in [-0.2, 0) is 16.1 Å². The molecule has 1 heterocycles. The summed E-state index contributed by atoms with van der Waals surface area (Å²) in [6.07, 6.45) is 0.0808. The standard InChI is InChI=1S/C10H15BrN4O4/c1-19-3-2-15-10(18)8(11)6(4-14-15)13-5-7(16)9(12)17/h4,7,13,16H,2-3,5H2,1H3,(H2,12,17). The molecule has 19 heavy (non-hydrogen) atoms. The molecule has 0 aliphatic carbocycles. The van der Waals surface area contributed by atoms with Crippen molar-refractivity contribution in [3.05, 3.63) is 21.0 Å². The number of carbonyl (C=O) groups is 1. The van der Waals surface area contributed by atoms with E-state index in [4.69, 9.17) is 10.5 Å². The molecule has 0 spiro atoms. The van der Waals surface area contributed by atoms with Gasteiger partial charge >= 0.3 is 0 Å². The van der Waals surface area contributed by atoms with Crippen LogP contribution in [0.3, 0.4) is 0 Å². The van der Waals surface area contributed by atoms with Gasteiger partial charge in [-0.05, 0) is 15.9 Å². The molecule has 1 aromatic heterocycles. The predicted molar refractivity (Wildman–Crippen MR) is 71.8 cm³/mol. The first-order valence-corrected chi connectivity index (χ1v) is 6.22. The van der Waals surface area contributed by atoms with Gasteiger partial charge in [0, 0.05) is 13.7 Å². The molecule has 0 radical (unpaired) electrons. The predicted octanol–water partition coefficient (Wildman–Crippen LogP) is -1.09. The Kier molecular flexibility index (Phi) is 5.93. The summed E-state index contributed by atoms with van der Waals surface area (Å²) >= 11 is 3.14. The molecule has 8 nitrogen and oxygen atoms in total. The highest BCUT2D eigenvalue weighted by molar-refractivity contribution is 9.10. The van der Waals surface area contributed by atoms with E-state index in [2.05, 4.69) is 26.3 Å². The Morgan fingerprint density at radius 1 is 1.74 bits per heavy atom. The number of nitrogens with one attached hydrogen (secondary N) is 1. The van der Waals surface area contributed by atoms with Gasteiger partial charge in [0.1, 0.15) is 10.6 Å². The average molecular weight is 335 g/mol. The summed E-state index contributed by atoms with van der Waals surface area (Å²) < 4.78 is 6.36. The highest BCUT2D eigenvalue weighted by Crippen LogP contribution is 2.15. The van der Waals surface area contributed by atoms with Gasteiger partial charge in [-0.3, -0.25) is 9.59 Å². The molecule has 1 unspecified atom stereocenters. The van der Waals surface area contributed by atoms with Gasteiger partial charge in [0.05, 0.1) is 25.0 Å². The maximum absolute atomic E-state index is 11.9. The number of carbonyl (C=O) groups excluding carboxylic acids is 1. The van der Waals surface area contributed by atoms with Gasteiger partial charge in [-0.1, -0.05) is 0 Å². The van der Waals surface area contributed by atoms with Crippen LogP contribution in [0.4, 0.5) is 5.69 Å². The minimum Gasteiger partial charge on any atom is -0.383 e. The van der Waals surface area contributed by atoms with E-state index >= 15 is 0 Å². The molecule has 0 aliphatic rings. The molecule has 1 atom stereocenters. The summed E-state index contributed by atoms with van der Waals surface area (Å²) in [5.41, 5.74) is 4.95. The molecule has 0 aliphatic heterocycles. The third kappa shape index (κ3) is 4.30. The van der Waals surface area contributed by atoms with E-state index in [1.54, 1.807) is 0 Å². The second kappa shape index (κ2) is 7.22. The summed E-state index contributed by atoms with van der Waals surface area (Å²) in [7, 11) is 1.53. The van der Waals surface area contributed by atoms with Crippen LogP contribution in [0.1, 0.15) is 0 Å². The number of methoxy groups -OCH3 is 1. The van der Waals surface area contributed by atoms with E-state index in [1.165, 1.54) is 18.0 Å². The van der Waals surface area contributed by atoms with E-state index in [0.29, 0.717) is 18.8 Å². The quantitative estimate of drug-likeness (QED) is 0.583. The normalized spacial score (nSPS) is 12.2. The van der Waals surface area contributed by atoms with E-state index < -0.39 is 12.0 Å². The number of aromatic nitrogens is 2. The summed E-state index contributed by atoms with van der Waals surface area (Å²) in [6.45, 7) is 0.599. The Morgan fingerprint density at radius 3 is 3.00 bits per heavy atom. The lowest BCUT2D eigenvalue weighted by molar-refractivity contribution is -0.125. The largest absolute Gasteiger partial charge is 0.383 e. The Labute approximate surface area is 117 Å². The highest BCUT2D eigenvalue weighted by atomic mass is 79.9. The summed E-state index contributed by atoms with van der Waals surface area (Å²) in [5.74, 6) is -0.843. The first-order valence-electron chi connectivity index (χ1n) is 5.43. The molecular weight excluding hydrogens is 320 g/mol. The number of rotatable bonds is 7. The second-order valence-electron chi connectivity index (χ2n) is 3.69. The van der Waals surface area contributed by atoms with Crippen LogP contribution >= 0.6 is 15.9 Å². The van der Waals surface area contributed by atoms with Gasteiger partial charge < -0.3 is 20.9 Å². The molecule has 1 aromatic rings. The van der Waals surface area contributed by atoms with Crippen LogP contribution in [0, 0.1) is 0 Å². The lowest BCUT2D eigenvalue weighted by atomic mass is 10.3. The first-order chi connectivity index (χ1) is 8.97. The molecular formula is C10H15BrN4O4. The number of hydrogen-bond acceptors (Lipinski definition) is 6. The summed E-state index contributed by atoms with van der Waals surface area (Å²) in [5, 5.41) is 15.9. The minimum absolute atomic E-state index is 0.100. The Balaban J connectivity index is 2.79. The Bertz CT molecular complexity index is 505. The SMILES string of the molecule is COCCn1ncc(NCC(O)C(N)=O)c(Br)c1=O. The molecule has 0 saturated heterocycles. The summed E-state index contributed by atoms with van der Waals surface area (Å²) in [4.78, 5) is 22.5. The van der Waals surface area contributed by atoms with E-state index in [-0.39, 0.29) is 16.6 Å². The Hall–Kier alpha value is -1.45. The smallest absolute Gasteiger partial charge is 0.283 e. The number of aliphatic hydroxyl groups is 1. The average Bonchev–Trinajstić information content (AvgIpc) is 2.38. The number of primary amides is 1. The maximum atomic E-state index is 11.9. The molecule has 1 rings (SSSR count). The maximum Gasteiger partial charge on any atom is 0.283 e. The lowest BCUT2D eigenvalue weighted by Crippen LogP contribution is -2.35. The van der Waals surface area contributed by atoms with Crippen molar-refractivity contribution in [2.24, 2.45) is 5.73 Å². The van der Waals surface area contributed by atoms with Gasteiger partial charge in [-0.15, -0.1) is 0 Å². The van der Waals surface area contributed by atoms with Crippen molar-refractivity contribution in [2.45, 2.75) is 12.6 Å². The number of hydrogen-bond donors (Lipinski definition) is 3. The van der Waals surface area contributed by atoms with Crippen LogP contribution < -0.4 is 16.6 Å². The van der Waals surface area contributed by atoms with Crippen molar-refractivity contribution >= 4 is 27.5 Å². The van der Waals surface area contributed by atoms with Crippen LogP contribution in [0.2, 0.25) is 0 Å². The van der Waals surface area contributed by atoms with Gasteiger partial charge in [-0.2, -0.15) is 5.10 Å². The topological polar surface area (TPSA) is 119 Å². The zero-order chi connectivity index (χ0) is 14.4. The van der Waals surface area contributed by atoms with Crippen LogP contribution in [0.15, 0.2) is 15.5 Å². The summed E-state index contributed by atoms with van der Waals surface area (Å²) in [6, 6.07) is 0. The fraction of sp³-hybridized carbons (Fsp3) is 0.500.